The number of thiocarbonyl (C=S) groups is 1. The van der Waals surface area contributed by atoms with E-state index in [4.69, 9.17) is 21.7 Å². The molecule has 1 aromatic rings. The summed E-state index contributed by atoms with van der Waals surface area (Å²) in [5.41, 5.74) is 1.03. The zero-order valence-corrected chi connectivity index (χ0v) is 20.6. The minimum absolute atomic E-state index is 0.0277. The molecule has 2 saturated heterocycles. The lowest BCUT2D eigenvalue weighted by atomic mass is 9.93. The summed E-state index contributed by atoms with van der Waals surface area (Å²) < 4.78 is 39.0. The summed E-state index contributed by atoms with van der Waals surface area (Å²) in [5.74, 6) is 0.150. The van der Waals surface area contributed by atoms with Gasteiger partial charge in [0.1, 0.15) is 18.5 Å². The van der Waals surface area contributed by atoms with Crippen LogP contribution in [0.25, 0.3) is 0 Å². The first-order chi connectivity index (χ1) is 15.7. The molecule has 1 aromatic carbocycles. The largest absolute Gasteiger partial charge is 0.465 e. The van der Waals surface area contributed by atoms with Crippen LogP contribution in [0, 0.1) is 5.82 Å². The van der Waals surface area contributed by atoms with Gasteiger partial charge in [0.15, 0.2) is 0 Å². The second kappa shape index (κ2) is 11.5. The fourth-order valence-corrected chi connectivity index (χ4v) is 6.30. The highest BCUT2D eigenvalue weighted by atomic mass is 32.3. The van der Waals surface area contributed by atoms with Crippen molar-refractivity contribution in [2.75, 3.05) is 42.6 Å². The Morgan fingerprint density at radius 1 is 1.36 bits per heavy atom. The zero-order chi connectivity index (χ0) is 24.0. The molecule has 0 unspecified atom stereocenters. The number of ether oxygens (including phenoxy) is 2. The molecular formula is C22H32FN3O5S2. The zero-order valence-electron chi connectivity index (χ0n) is 19.0. The summed E-state index contributed by atoms with van der Waals surface area (Å²) in [7, 11) is -2.11. The van der Waals surface area contributed by atoms with E-state index in [0.29, 0.717) is 66.7 Å². The molecule has 11 heteroatoms. The highest BCUT2D eigenvalue weighted by Crippen LogP contribution is 2.49. The molecule has 0 aliphatic carbocycles. The highest BCUT2D eigenvalue weighted by molar-refractivity contribution is 8.27. The number of esters is 1. The summed E-state index contributed by atoms with van der Waals surface area (Å²) >= 11 is 5.13. The normalized spacial score (nSPS) is 26.9. The van der Waals surface area contributed by atoms with E-state index in [1.807, 2.05) is 6.92 Å². The molecule has 3 rings (SSSR count). The molecule has 33 heavy (non-hydrogen) atoms. The van der Waals surface area contributed by atoms with Gasteiger partial charge in [0.2, 0.25) is 0 Å². The van der Waals surface area contributed by atoms with Gasteiger partial charge in [-0.25, -0.2) is 13.9 Å². The SMILES string of the molecule is CCOC(=O)CNS1(O)CCC(c2ccc(N3C[C@H](CNC(=S)CC)OC3=O)cc2F)CC1. The summed E-state index contributed by atoms with van der Waals surface area (Å²) in [6.45, 7) is 4.69. The first kappa shape index (κ1) is 25.7. The lowest BCUT2D eigenvalue weighted by Crippen LogP contribution is -2.34. The van der Waals surface area contributed by atoms with Crippen LogP contribution >= 0.6 is 22.7 Å². The molecule has 1 amide bonds. The van der Waals surface area contributed by atoms with Gasteiger partial charge < -0.3 is 19.3 Å². The number of rotatable bonds is 9. The van der Waals surface area contributed by atoms with Crippen molar-refractivity contribution in [2.24, 2.45) is 0 Å². The number of hydrogen-bond acceptors (Lipinski definition) is 7. The number of cyclic esters (lactones) is 1. The van der Waals surface area contributed by atoms with Crippen LogP contribution in [0.5, 0.6) is 0 Å². The van der Waals surface area contributed by atoms with Crippen LogP contribution < -0.4 is 14.9 Å². The van der Waals surface area contributed by atoms with Crippen molar-refractivity contribution in [2.45, 2.75) is 45.1 Å². The lowest BCUT2D eigenvalue weighted by molar-refractivity contribution is -0.141. The Labute approximate surface area is 200 Å². The van der Waals surface area contributed by atoms with E-state index >= 15 is 4.39 Å². The number of carbonyl (C=O) groups excluding carboxylic acids is 2. The Morgan fingerprint density at radius 2 is 2.09 bits per heavy atom. The van der Waals surface area contributed by atoms with Crippen LogP contribution in [-0.4, -0.2) is 65.5 Å². The standard InChI is InChI=1S/C22H32FN3O5S2/c1-3-20(32)24-12-17-14-26(22(28)31-17)16-5-6-18(19(23)11-16)15-7-9-33(29,10-8-15)25-13-21(27)30-4-2/h5-6,11,15,17,25,29H,3-4,7-10,12-14H2,1-2H3,(H,24,32)/t17-/m0/s1. The van der Waals surface area contributed by atoms with Crippen molar-refractivity contribution < 1.29 is 28.0 Å². The Kier molecular flexibility index (Phi) is 8.91. The van der Waals surface area contributed by atoms with Crippen molar-refractivity contribution in [3.05, 3.63) is 29.6 Å². The van der Waals surface area contributed by atoms with E-state index in [0.717, 1.165) is 0 Å². The highest BCUT2D eigenvalue weighted by Gasteiger charge is 2.34. The van der Waals surface area contributed by atoms with E-state index < -0.39 is 22.6 Å². The Hall–Kier alpha value is -1.95. The lowest BCUT2D eigenvalue weighted by Gasteiger charge is -2.41. The molecule has 2 aliphatic heterocycles. The second-order valence-corrected chi connectivity index (χ2v) is 11.4. The van der Waals surface area contributed by atoms with E-state index in [1.54, 1.807) is 19.1 Å². The van der Waals surface area contributed by atoms with Crippen LogP contribution in [0.2, 0.25) is 0 Å². The van der Waals surface area contributed by atoms with Crippen LogP contribution in [0.15, 0.2) is 18.2 Å². The minimum atomic E-state index is -2.11. The van der Waals surface area contributed by atoms with Crippen molar-refractivity contribution in [3.8, 4) is 0 Å². The summed E-state index contributed by atoms with van der Waals surface area (Å²) in [5, 5.41) is 3.06. The third-order valence-corrected chi connectivity index (χ3v) is 8.79. The van der Waals surface area contributed by atoms with Gasteiger partial charge >= 0.3 is 12.1 Å². The third kappa shape index (κ3) is 6.78. The van der Waals surface area contributed by atoms with E-state index in [1.165, 1.54) is 11.0 Å². The predicted octanol–water partition coefficient (Wildman–Crippen LogP) is 3.70. The number of anilines is 1. The Morgan fingerprint density at radius 3 is 2.73 bits per heavy atom. The average Bonchev–Trinajstić information content (AvgIpc) is 3.17. The summed E-state index contributed by atoms with van der Waals surface area (Å²) in [4.78, 5) is 26.0. The maximum Gasteiger partial charge on any atom is 0.414 e. The van der Waals surface area contributed by atoms with Crippen LogP contribution in [0.3, 0.4) is 0 Å². The monoisotopic (exact) mass is 501 g/mol. The van der Waals surface area contributed by atoms with Crippen LogP contribution in [0.1, 0.15) is 44.6 Å². The maximum atomic E-state index is 15.0. The number of benzene rings is 1. The first-order valence-electron chi connectivity index (χ1n) is 11.2. The van der Waals surface area contributed by atoms with E-state index in [-0.39, 0.29) is 24.4 Å². The molecule has 0 bridgehead atoms. The predicted molar refractivity (Wildman–Crippen MR) is 131 cm³/mol. The number of halogens is 1. The molecule has 3 N–H and O–H groups in total. The van der Waals surface area contributed by atoms with Gasteiger partial charge in [-0.1, -0.05) is 35.7 Å². The van der Waals surface area contributed by atoms with Gasteiger partial charge in [-0.05, 0) is 49.8 Å². The molecule has 8 nitrogen and oxygen atoms in total. The fourth-order valence-electron chi connectivity index (χ4n) is 3.99. The van der Waals surface area contributed by atoms with Gasteiger partial charge in [-0.3, -0.25) is 9.69 Å². The van der Waals surface area contributed by atoms with Gasteiger partial charge in [0, 0.05) is 11.5 Å². The van der Waals surface area contributed by atoms with Crippen LogP contribution in [-0.2, 0) is 14.3 Å². The van der Waals surface area contributed by atoms with Gasteiger partial charge in [-0.2, -0.15) is 0 Å². The number of carbonyl (C=O) groups is 2. The van der Waals surface area contributed by atoms with Crippen molar-refractivity contribution in [3.63, 3.8) is 0 Å². The molecular weight excluding hydrogens is 469 g/mol. The molecule has 2 heterocycles. The molecule has 0 aromatic heterocycles. The molecule has 0 spiro atoms. The number of hydrogen-bond donors (Lipinski definition) is 3. The number of nitrogens with zero attached hydrogens (tertiary/aromatic N) is 1. The number of amides is 1. The maximum absolute atomic E-state index is 15.0. The van der Waals surface area contributed by atoms with Gasteiger partial charge in [0.25, 0.3) is 0 Å². The molecule has 1 atom stereocenters. The van der Waals surface area contributed by atoms with Gasteiger partial charge in [-0.15, -0.1) is 0 Å². The average molecular weight is 502 g/mol. The van der Waals surface area contributed by atoms with Gasteiger partial charge in [0.05, 0.1) is 30.4 Å². The van der Waals surface area contributed by atoms with Crippen molar-refractivity contribution >= 4 is 45.5 Å². The minimum Gasteiger partial charge on any atom is -0.465 e. The smallest absolute Gasteiger partial charge is 0.414 e. The summed E-state index contributed by atoms with van der Waals surface area (Å²) in [6.07, 6.45) is 1.07. The van der Waals surface area contributed by atoms with Crippen LogP contribution in [0.4, 0.5) is 14.9 Å². The van der Waals surface area contributed by atoms with Crippen molar-refractivity contribution in [1.29, 1.82) is 0 Å². The number of nitrogens with one attached hydrogen (secondary N) is 2. The van der Waals surface area contributed by atoms with Crippen molar-refractivity contribution in [1.82, 2.24) is 10.0 Å². The molecule has 2 fully saturated rings. The molecule has 2 aliphatic rings. The first-order valence-corrected chi connectivity index (χ1v) is 13.5. The Balaban J connectivity index is 1.56. The molecule has 184 valence electrons. The van der Waals surface area contributed by atoms with E-state index in [9.17, 15) is 14.1 Å². The fraction of sp³-hybridized carbons (Fsp3) is 0.591. The molecule has 0 radical (unpaired) electrons. The quantitative estimate of drug-likeness (QED) is 0.348. The Bertz CT molecular complexity index is 880. The van der Waals surface area contributed by atoms with E-state index in [2.05, 4.69) is 10.0 Å². The second-order valence-electron chi connectivity index (χ2n) is 8.13. The topological polar surface area (TPSA) is 100 Å². The molecule has 0 saturated carbocycles. The third-order valence-electron chi connectivity index (χ3n) is 5.86. The summed E-state index contributed by atoms with van der Waals surface area (Å²) in [6, 6.07) is 4.82.